The fourth-order valence-electron chi connectivity index (χ4n) is 2.00. The monoisotopic (exact) mass is 262 g/mol. The number of pyridine rings is 1. The Hall–Kier alpha value is -1.81. The highest BCUT2D eigenvalue weighted by atomic mass is 19.2. The average molecular weight is 262 g/mol. The lowest BCUT2D eigenvalue weighted by Gasteiger charge is -2.20. The summed E-state index contributed by atoms with van der Waals surface area (Å²) in [7, 11) is 0. The molecule has 2 aromatic rings. The molecule has 2 atom stereocenters. The number of nitrogens with one attached hydrogen (secondary N) is 1. The highest BCUT2D eigenvalue weighted by Gasteiger charge is 2.12. The highest BCUT2D eigenvalue weighted by molar-refractivity contribution is 5.22. The van der Waals surface area contributed by atoms with E-state index in [4.69, 9.17) is 0 Å². The van der Waals surface area contributed by atoms with Gasteiger partial charge in [-0.1, -0.05) is 6.07 Å². The van der Waals surface area contributed by atoms with Gasteiger partial charge in [-0.15, -0.1) is 0 Å². The van der Waals surface area contributed by atoms with Crippen molar-refractivity contribution in [1.29, 1.82) is 0 Å². The first-order chi connectivity index (χ1) is 9.08. The molecule has 0 amide bonds. The standard InChI is InChI=1S/C15H16F2N2/c1-10(12-5-7-18-8-6-12)19-11(2)13-3-4-14(16)15(17)9-13/h3-11,19H,1-2H3/t10-,11?/m0/s1. The highest BCUT2D eigenvalue weighted by Crippen LogP contribution is 2.20. The minimum Gasteiger partial charge on any atom is -0.304 e. The summed E-state index contributed by atoms with van der Waals surface area (Å²) in [4.78, 5) is 3.97. The first kappa shape index (κ1) is 13.6. The van der Waals surface area contributed by atoms with E-state index in [2.05, 4.69) is 10.3 Å². The zero-order valence-corrected chi connectivity index (χ0v) is 10.9. The van der Waals surface area contributed by atoms with E-state index in [1.165, 1.54) is 6.07 Å². The number of aromatic nitrogens is 1. The van der Waals surface area contributed by atoms with Crippen molar-refractivity contribution in [2.45, 2.75) is 25.9 Å². The van der Waals surface area contributed by atoms with Gasteiger partial charge in [0.1, 0.15) is 0 Å². The van der Waals surface area contributed by atoms with E-state index in [9.17, 15) is 8.78 Å². The molecule has 1 aromatic carbocycles. The van der Waals surface area contributed by atoms with Crippen LogP contribution in [0.5, 0.6) is 0 Å². The van der Waals surface area contributed by atoms with Gasteiger partial charge in [0.15, 0.2) is 11.6 Å². The fraction of sp³-hybridized carbons (Fsp3) is 0.267. The maximum Gasteiger partial charge on any atom is 0.159 e. The third-order valence-corrected chi connectivity index (χ3v) is 3.15. The predicted molar refractivity (Wildman–Crippen MR) is 70.6 cm³/mol. The predicted octanol–water partition coefficient (Wildman–Crippen LogP) is 3.77. The van der Waals surface area contributed by atoms with Crippen LogP contribution >= 0.6 is 0 Å². The van der Waals surface area contributed by atoms with Crippen molar-refractivity contribution in [3.05, 3.63) is 65.5 Å². The molecule has 1 heterocycles. The molecule has 0 fully saturated rings. The molecule has 1 N–H and O–H groups in total. The van der Waals surface area contributed by atoms with Crippen molar-refractivity contribution in [2.75, 3.05) is 0 Å². The molecule has 0 saturated carbocycles. The molecule has 0 bridgehead atoms. The second kappa shape index (κ2) is 5.89. The lowest BCUT2D eigenvalue weighted by molar-refractivity contribution is 0.480. The number of halogens is 2. The summed E-state index contributed by atoms with van der Waals surface area (Å²) in [5.41, 5.74) is 1.82. The molecule has 2 nitrogen and oxygen atoms in total. The van der Waals surface area contributed by atoms with Crippen molar-refractivity contribution in [1.82, 2.24) is 10.3 Å². The maximum atomic E-state index is 13.2. The van der Waals surface area contributed by atoms with Gasteiger partial charge in [0.25, 0.3) is 0 Å². The van der Waals surface area contributed by atoms with Crippen LogP contribution in [-0.4, -0.2) is 4.98 Å². The van der Waals surface area contributed by atoms with Gasteiger partial charge in [0, 0.05) is 24.5 Å². The van der Waals surface area contributed by atoms with Crippen LogP contribution in [0, 0.1) is 11.6 Å². The van der Waals surface area contributed by atoms with Crippen LogP contribution in [0.2, 0.25) is 0 Å². The summed E-state index contributed by atoms with van der Waals surface area (Å²) in [6.07, 6.45) is 3.46. The maximum absolute atomic E-state index is 13.2. The summed E-state index contributed by atoms with van der Waals surface area (Å²) >= 11 is 0. The number of nitrogens with zero attached hydrogens (tertiary/aromatic N) is 1. The summed E-state index contributed by atoms with van der Waals surface area (Å²) in [5.74, 6) is -1.64. The second-order valence-electron chi connectivity index (χ2n) is 4.56. The van der Waals surface area contributed by atoms with Crippen molar-refractivity contribution >= 4 is 0 Å². The Bertz CT molecular complexity index is 543. The molecule has 1 aromatic heterocycles. The van der Waals surface area contributed by atoms with Crippen molar-refractivity contribution < 1.29 is 8.78 Å². The third kappa shape index (κ3) is 3.35. The van der Waals surface area contributed by atoms with E-state index in [1.54, 1.807) is 18.5 Å². The van der Waals surface area contributed by atoms with Crippen molar-refractivity contribution in [3.8, 4) is 0 Å². The van der Waals surface area contributed by atoms with Gasteiger partial charge in [-0.05, 0) is 49.2 Å². The molecular weight excluding hydrogens is 246 g/mol. The Balaban J connectivity index is 2.08. The van der Waals surface area contributed by atoms with Crippen LogP contribution in [0.15, 0.2) is 42.7 Å². The SMILES string of the molecule is CC(N[C@@H](C)c1ccncc1)c1ccc(F)c(F)c1. The Labute approximate surface area is 111 Å². The molecule has 0 spiro atoms. The van der Waals surface area contributed by atoms with Gasteiger partial charge < -0.3 is 5.32 Å². The lowest BCUT2D eigenvalue weighted by atomic mass is 10.0. The van der Waals surface area contributed by atoms with Crippen LogP contribution in [-0.2, 0) is 0 Å². The molecular formula is C15H16F2N2. The minimum atomic E-state index is -0.821. The largest absolute Gasteiger partial charge is 0.304 e. The molecule has 100 valence electrons. The number of hydrogen-bond donors (Lipinski definition) is 1. The van der Waals surface area contributed by atoms with E-state index in [0.717, 1.165) is 17.2 Å². The first-order valence-corrected chi connectivity index (χ1v) is 6.19. The normalized spacial score (nSPS) is 14.1. The summed E-state index contributed by atoms with van der Waals surface area (Å²) < 4.78 is 26.1. The number of benzene rings is 1. The fourth-order valence-corrected chi connectivity index (χ4v) is 2.00. The molecule has 2 rings (SSSR count). The molecule has 0 radical (unpaired) electrons. The van der Waals surface area contributed by atoms with Crippen molar-refractivity contribution in [3.63, 3.8) is 0 Å². The van der Waals surface area contributed by atoms with Crippen LogP contribution in [0.4, 0.5) is 8.78 Å². The van der Waals surface area contributed by atoms with Gasteiger partial charge in [0.05, 0.1) is 0 Å². The Morgan fingerprint density at radius 2 is 1.53 bits per heavy atom. The quantitative estimate of drug-likeness (QED) is 0.907. The first-order valence-electron chi connectivity index (χ1n) is 6.19. The van der Waals surface area contributed by atoms with Crippen LogP contribution in [0.1, 0.15) is 37.1 Å². The lowest BCUT2D eigenvalue weighted by Crippen LogP contribution is -2.22. The van der Waals surface area contributed by atoms with E-state index >= 15 is 0 Å². The minimum absolute atomic E-state index is 0.0711. The summed E-state index contributed by atoms with van der Waals surface area (Å²) in [6.45, 7) is 3.94. The summed E-state index contributed by atoms with van der Waals surface area (Å²) in [6, 6.07) is 7.86. The zero-order valence-electron chi connectivity index (χ0n) is 10.9. The average Bonchev–Trinajstić information content (AvgIpc) is 2.42. The van der Waals surface area contributed by atoms with Crippen LogP contribution in [0.25, 0.3) is 0 Å². The molecule has 0 aliphatic carbocycles. The summed E-state index contributed by atoms with van der Waals surface area (Å²) in [5, 5.41) is 3.34. The van der Waals surface area contributed by atoms with Gasteiger partial charge in [-0.3, -0.25) is 4.98 Å². The Morgan fingerprint density at radius 3 is 2.16 bits per heavy atom. The molecule has 1 unspecified atom stereocenters. The van der Waals surface area contributed by atoms with Crippen molar-refractivity contribution in [2.24, 2.45) is 0 Å². The van der Waals surface area contributed by atoms with Gasteiger partial charge >= 0.3 is 0 Å². The van der Waals surface area contributed by atoms with E-state index in [-0.39, 0.29) is 12.1 Å². The Morgan fingerprint density at radius 1 is 0.895 bits per heavy atom. The molecule has 0 saturated heterocycles. The van der Waals surface area contributed by atoms with Gasteiger partial charge in [-0.25, -0.2) is 8.78 Å². The van der Waals surface area contributed by atoms with E-state index in [0.29, 0.717) is 0 Å². The third-order valence-electron chi connectivity index (χ3n) is 3.15. The van der Waals surface area contributed by atoms with Gasteiger partial charge in [-0.2, -0.15) is 0 Å². The number of rotatable bonds is 4. The Kier molecular flexibility index (Phi) is 4.22. The van der Waals surface area contributed by atoms with Crippen LogP contribution < -0.4 is 5.32 Å². The smallest absolute Gasteiger partial charge is 0.159 e. The molecule has 19 heavy (non-hydrogen) atoms. The molecule has 0 aliphatic rings. The van der Waals surface area contributed by atoms with Gasteiger partial charge in [0.2, 0.25) is 0 Å². The number of hydrogen-bond acceptors (Lipinski definition) is 2. The van der Waals surface area contributed by atoms with E-state index < -0.39 is 11.6 Å². The second-order valence-corrected chi connectivity index (χ2v) is 4.56. The topological polar surface area (TPSA) is 24.9 Å². The molecule has 4 heteroatoms. The zero-order chi connectivity index (χ0) is 13.8. The van der Waals surface area contributed by atoms with E-state index in [1.807, 2.05) is 26.0 Å². The van der Waals surface area contributed by atoms with Crippen LogP contribution in [0.3, 0.4) is 0 Å². The molecule has 0 aliphatic heterocycles.